The summed E-state index contributed by atoms with van der Waals surface area (Å²) in [7, 11) is 0. The van der Waals surface area contributed by atoms with E-state index < -0.39 is 23.2 Å². The summed E-state index contributed by atoms with van der Waals surface area (Å²) in [5.74, 6) is -1.55. The average Bonchev–Trinajstić information content (AvgIpc) is 3.51. The molecule has 0 unspecified atom stereocenters. The first-order valence-corrected chi connectivity index (χ1v) is 11.9. The summed E-state index contributed by atoms with van der Waals surface area (Å²) in [6.07, 6.45) is -1.19. The molecule has 0 aliphatic heterocycles. The van der Waals surface area contributed by atoms with Gasteiger partial charge in [-0.25, -0.2) is 0 Å². The first kappa shape index (κ1) is 27.4. The van der Waals surface area contributed by atoms with Gasteiger partial charge in [-0.3, -0.25) is 4.79 Å². The van der Waals surface area contributed by atoms with E-state index in [-0.39, 0.29) is 47.6 Å². The molecule has 3 aromatic carbocycles. The molecule has 1 aromatic heterocycles. The van der Waals surface area contributed by atoms with E-state index in [4.69, 9.17) is 0 Å². The van der Waals surface area contributed by atoms with Gasteiger partial charge in [0.1, 0.15) is 0 Å². The number of carboxylic acid groups (broad SMARTS) is 1. The van der Waals surface area contributed by atoms with Crippen molar-refractivity contribution in [3.05, 3.63) is 105 Å². The molecule has 4 aromatic rings. The number of para-hydroxylation sites is 1. The van der Waals surface area contributed by atoms with Crippen LogP contribution in [0.3, 0.4) is 0 Å². The summed E-state index contributed by atoms with van der Waals surface area (Å²) >= 11 is 3.25. The molecule has 5 rings (SSSR count). The summed E-state index contributed by atoms with van der Waals surface area (Å²) in [6, 6.07) is 17.0. The van der Waals surface area contributed by atoms with Crippen LogP contribution in [0.5, 0.6) is 0 Å². The predicted octanol–water partition coefficient (Wildman–Crippen LogP) is 2.26. The number of aromatic carboxylic acids is 1. The minimum Gasteiger partial charge on any atom is -0.545 e. The Hall–Kier alpha value is -2.59. The molecular formula is C27H19BrF3N2NaO3. The number of nitrogens with one attached hydrogen (secondary N) is 1. The van der Waals surface area contributed by atoms with Crippen molar-refractivity contribution in [2.45, 2.75) is 31.1 Å². The molecule has 1 fully saturated rings. The average molecular weight is 579 g/mol. The number of carboxylic acids is 1. The molecule has 0 atom stereocenters. The molecular weight excluding hydrogens is 560 g/mol. The van der Waals surface area contributed by atoms with Gasteiger partial charge in [0, 0.05) is 22.6 Å². The minimum atomic E-state index is -4.43. The van der Waals surface area contributed by atoms with Gasteiger partial charge in [-0.2, -0.15) is 13.2 Å². The second-order valence-electron chi connectivity index (χ2n) is 8.89. The zero-order valence-corrected chi connectivity index (χ0v) is 23.3. The molecule has 5 nitrogen and oxygen atoms in total. The van der Waals surface area contributed by atoms with Crippen molar-refractivity contribution in [1.29, 1.82) is 0 Å². The molecule has 1 heterocycles. The third kappa shape index (κ3) is 5.50. The number of benzene rings is 3. The number of hydrogen-bond acceptors (Lipinski definition) is 3. The van der Waals surface area contributed by atoms with E-state index in [0.717, 1.165) is 35.9 Å². The fourth-order valence-corrected chi connectivity index (χ4v) is 4.94. The monoisotopic (exact) mass is 578 g/mol. The standard InChI is InChI=1S/C27H20BrF3N2O3.Na/c28-22-14-20(27(29,30)31)9-6-18(22)15-33-13-10-16-2-1-3-21(23(16)33)24(34)32-26(11-12-26)19-7-4-17(5-8-19)25(35)36;/h1-10,13-14H,11-12,15H2,(H,32,34)(H,35,36);/q;+1/p-1. The van der Waals surface area contributed by atoms with Crippen molar-refractivity contribution in [2.75, 3.05) is 0 Å². The maximum absolute atomic E-state index is 13.4. The van der Waals surface area contributed by atoms with Gasteiger partial charge >= 0.3 is 35.7 Å². The van der Waals surface area contributed by atoms with Crippen LogP contribution in [0, 0.1) is 0 Å². The van der Waals surface area contributed by atoms with Crippen LogP contribution in [-0.4, -0.2) is 16.4 Å². The zero-order chi connectivity index (χ0) is 25.7. The maximum Gasteiger partial charge on any atom is 1.00 e. The third-order valence-corrected chi connectivity index (χ3v) is 7.27. The van der Waals surface area contributed by atoms with Gasteiger partial charge in [0.25, 0.3) is 5.91 Å². The van der Waals surface area contributed by atoms with Crippen molar-refractivity contribution in [3.63, 3.8) is 0 Å². The quantitative estimate of drug-likeness (QED) is 0.357. The molecule has 10 heteroatoms. The van der Waals surface area contributed by atoms with Crippen LogP contribution in [0.4, 0.5) is 13.2 Å². The Morgan fingerprint density at radius 3 is 2.32 bits per heavy atom. The number of amides is 1. The SMILES string of the molecule is O=C([O-])c1ccc(C2(NC(=O)c3cccc4ccn(Cc5ccc(C(F)(F)F)cc5Br)c34)CC2)cc1.[Na+]. The molecule has 1 N–H and O–H groups in total. The normalized spacial score (nSPS) is 14.2. The number of alkyl halides is 3. The number of carbonyl (C=O) groups excluding carboxylic acids is 2. The van der Waals surface area contributed by atoms with E-state index in [1.165, 1.54) is 18.2 Å². The largest absolute Gasteiger partial charge is 1.00 e. The van der Waals surface area contributed by atoms with Gasteiger partial charge in [-0.05, 0) is 53.8 Å². The summed E-state index contributed by atoms with van der Waals surface area (Å²) in [5.41, 5.74) is 1.33. The fourth-order valence-electron chi connectivity index (χ4n) is 4.43. The van der Waals surface area contributed by atoms with Crippen LogP contribution in [0.15, 0.2) is 77.4 Å². The smallest absolute Gasteiger partial charge is 0.545 e. The molecule has 1 aliphatic rings. The number of nitrogens with zero attached hydrogens (tertiary/aromatic N) is 1. The Balaban J connectivity index is 0.00000320. The van der Waals surface area contributed by atoms with Crippen molar-refractivity contribution in [3.8, 4) is 0 Å². The number of rotatable bonds is 6. The van der Waals surface area contributed by atoms with E-state index in [1.807, 2.05) is 16.7 Å². The molecule has 0 spiro atoms. The molecule has 0 saturated heterocycles. The summed E-state index contributed by atoms with van der Waals surface area (Å²) < 4.78 is 41.3. The minimum absolute atomic E-state index is 0. The molecule has 184 valence electrons. The van der Waals surface area contributed by atoms with E-state index >= 15 is 0 Å². The Bertz CT molecular complexity index is 1500. The second-order valence-corrected chi connectivity index (χ2v) is 9.75. The summed E-state index contributed by atoms with van der Waals surface area (Å²) in [6.45, 7) is 0.266. The van der Waals surface area contributed by atoms with Gasteiger partial charge in [-0.1, -0.05) is 58.4 Å². The molecule has 1 saturated carbocycles. The molecule has 1 aliphatic carbocycles. The van der Waals surface area contributed by atoms with Crippen molar-refractivity contribution in [1.82, 2.24) is 9.88 Å². The molecule has 1 amide bonds. The zero-order valence-electron chi connectivity index (χ0n) is 19.7. The van der Waals surface area contributed by atoms with Crippen molar-refractivity contribution < 1.29 is 57.4 Å². The maximum atomic E-state index is 13.4. The van der Waals surface area contributed by atoms with Gasteiger partial charge in [-0.15, -0.1) is 0 Å². The van der Waals surface area contributed by atoms with E-state index in [2.05, 4.69) is 21.2 Å². The van der Waals surface area contributed by atoms with Crippen LogP contribution < -0.4 is 40.0 Å². The number of hydrogen-bond donors (Lipinski definition) is 1. The van der Waals surface area contributed by atoms with Crippen LogP contribution in [0.2, 0.25) is 0 Å². The first-order valence-electron chi connectivity index (χ1n) is 11.2. The van der Waals surface area contributed by atoms with Crippen LogP contribution in [0.1, 0.15) is 50.2 Å². The molecule has 0 bridgehead atoms. The number of halogens is 4. The van der Waals surface area contributed by atoms with Gasteiger partial charge in [0.05, 0.1) is 28.2 Å². The summed E-state index contributed by atoms with van der Waals surface area (Å²) in [4.78, 5) is 24.5. The van der Waals surface area contributed by atoms with Crippen molar-refractivity contribution >= 4 is 38.7 Å². The van der Waals surface area contributed by atoms with Gasteiger partial charge in [0.15, 0.2) is 0 Å². The van der Waals surface area contributed by atoms with E-state index in [1.54, 1.807) is 30.5 Å². The predicted molar refractivity (Wildman–Crippen MR) is 129 cm³/mol. The van der Waals surface area contributed by atoms with Crippen LogP contribution in [-0.2, 0) is 18.3 Å². The van der Waals surface area contributed by atoms with Gasteiger partial charge < -0.3 is 19.8 Å². The fraction of sp³-hybridized carbons (Fsp3) is 0.185. The molecule has 37 heavy (non-hydrogen) atoms. The Labute approximate surface area is 241 Å². The Kier molecular flexibility index (Phi) is 7.63. The van der Waals surface area contributed by atoms with E-state index in [9.17, 15) is 27.9 Å². The molecule has 0 radical (unpaired) electrons. The van der Waals surface area contributed by atoms with Gasteiger partial charge in [0.2, 0.25) is 0 Å². The Morgan fingerprint density at radius 1 is 1.03 bits per heavy atom. The summed E-state index contributed by atoms with van der Waals surface area (Å²) in [5, 5.41) is 15.0. The first-order chi connectivity index (χ1) is 17.1. The topological polar surface area (TPSA) is 74.2 Å². The number of fused-ring (bicyclic) bond motifs is 1. The van der Waals surface area contributed by atoms with Crippen LogP contribution >= 0.6 is 15.9 Å². The van der Waals surface area contributed by atoms with Crippen molar-refractivity contribution in [2.24, 2.45) is 0 Å². The number of aromatic nitrogens is 1. The Morgan fingerprint density at radius 2 is 1.73 bits per heavy atom. The number of carbonyl (C=O) groups is 2. The second kappa shape index (κ2) is 10.3. The van der Waals surface area contributed by atoms with Crippen LogP contribution in [0.25, 0.3) is 10.9 Å². The van der Waals surface area contributed by atoms with E-state index in [0.29, 0.717) is 21.1 Å². The third-order valence-electron chi connectivity index (χ3n) is 6.53.